The molecule has 0 aliphatic heterocycles. The van der Waals surface area contributed by atoms with Crippen LogP contribution in [0.2, 0.25) is 5.02 Å². The van der Waals surface area contributed by atoms with Gasteiger partial charge in [0.2, 0.25) is 5.62 Å². The van der Waals surface area contributed by atoms with Crippen LogP contribution in [0.3, 0.4) is 0 Å². The molecule has 3 aromatic carbocycles. The molecule has 0 saturated carbocycles. The summed E-state index contributed by atoms with van der Waals surface area (Å²) in [6, 6.07) is 18.3. The fraction of sp³-hybridized carbons (Fsp3) is 0.154. The first-order valence-corrected chi connectivity index (χ1v) is 11.7. The van der Waals surface area contributed by atoms with Gasteiger partial charge in [0.05, 0.1) is 17.8 Å². The average Bonchev–Trinajstić information content (AvgIpc) is 2.88. The van der Waals surface area contributed by atoms with E-state index >= 15 is 0 Å². The number of aryl methyl sites for hydroxylation is 1. The van der Waals surface area contributed by atoms with Gasteiger partial charge >= 0.3 is 17.3 Å². The van der Waals surface area contributed by atoms with Crippen LogP contribution < -0.4 is 27.6 Å². The Morgan fingerprint density at radius 2 is 1.62 bits per heavy atom. The lowest BCUT2D eigenvalue weighted by atomic mass is 10.1. The molecular formula is C26H24ClN5O5. The molecule has 0 aliphatic carbocycles. The molecule has 1 aromatic heterocycles. The first-order valence-electron chi connectivity index (χ1n) is 11.3. The summed E-state index contributed by atoms with van der Waals surface area (Å²) in [5.74, 6) is 5.85. The van der Waals surface area contributed by atoms with Crippen molar-refractivity contribution in [3.05, 3.63) is 115 Å². The van der Waals surface area contributed by atoms with Crippen LogP contribution in [0.1, 0.15) is 28.4 Å². The van der Waals surface area contributed by atoms with E-state index in [4.69, 9.17) is 22.2 Å². The molecule has 0 aliphatic rings. The zero-order valence-corrected chi connectivity index (χ0v) is 20.8. The molecule has 0 radical (unpaired) electrons. The third-order valence-electron chi connectivity index (χ3n) is 5.67. The quantitative estimate of drug-likeness (QED) is 0.358. The van der Waals surface area contributed by atoms with Crippen LogP contribution in [0.4, 0.5) is 5.69 Å². The van der Waals surface area contributed by atoms with E-state index in [-0.39, 0.29) is 24.3 Å². The number of hydrogen-bond donors (Lipinski definition) is 2. The zero-order chi connectivity index (χ0) is 26.7. The molecule has 4 rings (SSSR count). The van der Waals surface area contributed by atoms with E-state index in [0.29, 0.717) is 27.8 Å². The van der Waals surface area contributed by atoms with Crippen molar-refractivity contribution in [3.63, 3.8) is 0 Å². The highest BCUT2D eigenvalue weighted by molar-refractivity contribution is 6.30. The topological polar surface area (TPSA) is 134 Å². The minimum atomic E-state index is -1.04. The molecule has 190 valence electrons. The van der Waals surface area contributed by atoms with E-state index in [1.54, 1.807) is 74.5 Å². The summed E-state index contributed by atoms with van der Waals surface area (Å²) in [6.07, 6.45) is 0. The minimum absolute atomic E-state index is 0.0343. The monoisotopic (exact) mass is 521 g/mol. The van der Waals surface area contributed by atoms with Gasteiger partial charge < -0.3 is 15.7 Å². The number of ether oxygens (including phenoxy) is 1. The number of carboxylic acid groups (broad SMARTS) is 1. The summed E-state index contributed by atoms with van der Waals surface area (Å²) in [5.41, 5.74) is 0.693. The number of nitrogens with two attached hydrogens (primary N) is 1. The molecule has 0 fully saturated rings. The lowest BCUT2D eigenvalue weighted by Crippen LogP contribution is -2.57. The summed E-state index contributed by atoms with van der Waals surface area (Å²) in [6.45, 7) is 3.65. The number of hydrogen-bond acceptors (Lipinski definition) is 6. The predicted molar refractivity (Wildman–Crippen MR) is 139 cm³/mol. The van der Waals surface area contributed by atoms with Crippen LogP contribution in [-0.4, -0.2) is 24.9 Å². The van der Waals surface area contributed by atoms with E-state index < -0.39 is 17.3 Å². The fourth-order valence-corrected chi connectivity index (χ4v) is 3.82. The molecule has 0 saturated heterocycles. The first kappa shape index (κ1) is 25.5. The van der Waals surface area contributed by atoms with Crippen LogP contribution >= 0.6 is 11.6 Å². The second-order valence-corrected chi connectivity index (χ2v) is 8.62. The van der Waals surface area contributed by atoms with Crippen molar-refractivity contribution >= 4 is 23.3 Å². The maximum absolute atomic E-state index is 13.1. The number of aromatic nitrogens is 3. The highest BCUT2D eigenvalue weighted by Crippen LogP contribution is 2.26. The van der Waals surface area contributed by atoms with Crippen LogP contribution in [0.15, 0.2) is 81.3 Å². The third-order valence-corrected chi connectivity index (χ3v) is 5.92. The van der Waals surface area contributed by atoms with Crippen molar-refractivity contribution in [3.8, 4) is 11.5 Å². The lowest BCUT2D eigenvalue weighted by molar-refractivity contribution is 0.0695. The van der Waals surface area contributed by atoms with Gasteiger partial charge in [0.15, 0.2) is 0 Å². The number of halogens is 1. The summed E-state index contributed by atoms with van der Waals surface area (Å²) < 4.78 is 8.96. The maximum Gasteiger partial charge on any atom is 0.353 e. The van der Waals surface area contributed by atoms with Crippen LogP contribution in [0.5, 0.6) is 11.5 Å². The first-order chi connectivity index (χ1) is 17.7. The predicted octanol–water partition coefficient (Wildman–Crippen LogP) is 3.28. The number of carbonyl (C=O) groups is 1. The second kappa shape index (κ2) is 10.6. The number of benzene rings is 3. The fourth-order valence-electron chi connectivity index (χ4n) is 3.69. The SMILES string of the molecule is CCn1c(=O)n(N)/c(=N\c2ccc(Oc3ccc(C)c(C(=O)O)c3)cc2)n(Cc2ccc(Cl)cc2)c1=O. The Hall–Kier alpha value is -4.57. The Morgan fingerprint density at radius 1 is 0.973 bits per heavy atom. The Balaban J connectivity index is 1.73. The van der Waals surface area contributed by atoms with Crippen molar-refractivity contribution in [1.29, 1.82) is 0 Å². The van der Waals surface area contributed by atoms with Crippen molar-refractivity contribution in [2.45, 2.75) is 26.9 Å². The van der Waals surface area contributed by atoms with Crippen LogP contribution in [0.25, 0.3) is 0 Å². The zero-order valence-electron chi connectivity index (χ0n) is 20.1. The van der Waals surface area contributed by atoms with Gasteiger partial charge in [0.25, 0.3) is 0 Å². The van der Waals surface area contributed by atoms with Crippen molar-refractivity contribution in [2.75, 3.05) is 5.84 Å². The standard InChI is InChI=1S/C26H24ClN5O5/c1-3-30-25(35)31(15-17-5-7-18(27)8-6-17)24(32(28)26(30)36)29-19-9-12-20(13-10-19)37-21-11-4-16(2)22(14-21)23(33)34/h4-14H,3,15,28H2,1-2H3,(H,33,34)/b29-24-. The Morgan fingerprint density at radius 3 is 2.24 bits per heavy atom. The number of nitrogens with zero attached hydrogens (tertiary/aromatic N) is 4. The van der Waals surface area contributed by atoms with E-state index in [2.05, 4.69) is 4.99 Å². The van der Waals surface area contributed by atoms with Crippen LogP contribution in [-0.2, 0) is 13.1 Å². The minimum Gasteiger partial charge on any atom is -0.478 e. The molecule has 0 atom stereocenters. The average molecular weight is 522 g/mol. The Bertz CT molecular complexity index is 1650. The van der Waals surface area contributed by atoms with Gasteiger partial charge in [-0.15, -0.1) is 0 Å². The molecule has 37 heavy (non-hydrogen) atoms. The molecule has 0 amide bonds. The summed E-state index contributed by atoms with van der Waals surface area (Å²) in [4.78, 5) is 41.7. The summed E-state index contributed by atoms with van der Waals surface area (Å²) in [7, 11) is 0. The van der Waals surface area contributed by atoms with Gasteiger partial charge in [-0.05, 0) is 73.5 Å². The highest BCUT2D eigenvalue weighted by Gasteiger charge is 2.13. The molecule has 11 heteroatoms. The van der Waals surface area contributed by atoms with Gasteiger partial charge in [-0.25, -0.2) is 23.9 Å². The van der Waals surface area contributed by atoms with Crippen molar-refractivity contribution in [1.82, 2.24) is 13.8 Å². The molecule has 0 spiro atoms. The molecule has 4 aromatic rings. The highest BCUT2D eigenvalue weighted by atomic mass is 35.5. The molecule has 0 bridgehead atoms. The molecular weight excluding hydrogens is 498 g/mol. The number of aromatic carboxylic acids is 1. The van der Waals surface area contributed by atoms with E-state index in [9.17, 15) is 19.5 Å². The normalized spacial score (nSPS) is 11.5. The largest absolute Gasteiger partial charge is 0.478 e. The summed E-state index contributed by atoms with van der Waals surface area (Å²) >= 11 is 5.98. The molecule has 1 heterocycles. The molecule has 3 N–H and O–H groups in total. The third kappa shape index (κ3) is 5.49. The van der Waals surface area contributed by atoms with Gasteiger partial charge in [0.1, 0.15) is 11.5 Å². The smallest absolute Gasteiger partial charge is 0.353 e. The van der Waals surface area contributed by atoms with E-state index in [0.717, 1.165) is 14.8 Å². The number of nitrogen functional groups attached to an aromatic ring is 1. The van der Waals surface area contributed by atoms with Crippen molar-refractivity contribution < 1.29 is 14.6 Å². The molecule has 10 nitrogen and oxygen atoms in total. The Labute approximate surface area is 216 Å². The van der Waals surface area contributed by atoms with Gasteiger partial charge in [-0.1, -0.05) is 29.8 Å². The van der Waals surface area contributed by atoms with Gasteiger partial charge in [-0.2, -0.15) is 4.68 Å². The maximum atomic E-state index is 13.1. The van der Waals surface area contributed by atoms with Crippen LogP contribution in [0, 0.1) is 6.92 Å². The second-order valence-electron chi connectivity index (χ2n) is 8.18. The van der Waals surface area contributed by atoms with Crippen molar-refractivity contribution in [2.24, 2.45) is 4.99 Å². The summed E-state index contributed by atoms with van der Waals surface area (Å²) in [5, 5.41) is 9.88. The van der Waals surface area contributed by atoms with Gasteiger partial charge in [-0.3, -0.25) is 4.57 Å². The van der Waals surface area contributed by atoms with E-state index in [1.165, 1.54) is 10.6 Å². The van der Waals surface area contributed by atoms with Gasteiger partial charge in [0, 0.05) is 11.6 Å². The lowest BCUT2D eigenvalue weighted by Gasteiger charge is -2.13. The number of carboxylic acids is 1. The molecule has 0 unspecified atom stereocenters. The van der Waals surface area contributed by atoms with E-state index in [1.807, 2.05) is 0 Å². The number of rotatable bonds is 7. The Kier molecular flexibility index (Phi) is 7.30.